The standard InChI is InChI=1S/C8H16F3NO/c1-7(2)12(3)5-4-6-13-8(9,10)11/h7H,4-6H2,1-3H3. The first-order chi connectivity index (χ1) is 5.83. The fourth-order valence-corrected chi connectivity index (χ4v) is 0.760. The van der Waals surface area contributed by atoms with E-state index >= 15 is 0 Å². The summed E-state index contributed by atoms with van der Waals surface area (Å²) in [7, 11) is 1.87. The molecule has 80 valence electrons. The largest absolute Gasteiger partial charge is 0.522 e. The zero-order valence-corrected chi connectivity index (χ0v) is 8.19. The molecule has 0 rings (SSSR count). The van der Waals surface area contributed by atoms with Crippen LogP contribution in [0.1, 0.15) is 20.3 Å². The molecule has 13 heavy (non-hydrogen) atoms. The second kappa shape index (κ2) is 5.44. The minimum atomic E-state index is -4.49. The van der Waals surface area contributed by atoms with E-state index in [1.54, 1.807) is 0 Å². The van der Waals surface area contributed by atoms with Gasteiger partial charge >= 0.3 is 6.36 Å². The summed E-state index contributed by atoms with van der Waals surface area (Å²) in [6.45, 7) is 4.34. The first-order valence-corrected chi connectivity index (χ1v) is 4.24. The van der Waals surface area contributed by atoms with Gasteiger partial charge in [0.15, 0.2) is 0 Å². The van der Waals surface area contributed by atoms with E-state index in [1.807, 2.05) is 25.8 Å². The van der Waals surface area contributed by atoms with Crippen molar-refractivity contribution in [2.45, 2.75) is 32.7 Å². The summed E-state index contributed by atoms with van der Waals surface area (Å²) in [5, 5.41) is 0. The van der Waals surface area contributed by atoms with Gasteiger partial charge in [0.05, 0.1) is 6.61 Å². The number of hydrogen-bond acceptors (Lipinski definition) is 2. The first-order valence-electron chi connectivity index (χ1n) is 4.24. The third kappa shape index (κ3) is 8.05. The zero-order valence-electron chi connectivity index (χ0n) is 8.19. The third-order valence-electron chi connectivity index (χ3n) is 1.80. The molecule has 0 aliphatic heterocycles. The van der Waals surface area contributed by atoms with Crippen LogP contribution in [-0.2, 0) is 4.74 Å². The van der Waals surface area contributed by atoms with E-state index in [-0.39, 0.29) is 6.61 Å². The van der Waals surface area contributed by atoms with Crippen LogP contribution in [-0.4, -0.2) is 37.5 Å². The highest BCUT2D eigenvalue weighted by molar-refractivity contribution is 4.55. The number of halogens is 3. The van der Waals surface area contributed by atoms with Crippen molar-refractivity contribution in [1.82, 2.24) is 4.90 Å². The molecule has 0 fully saturated rings. The van der Waals surface area contributed by atoms with E-state index in [0.717, 1.165) is 0 Å². The van der Waals surface area contributed by atoms with E-state index in [1.165, 1.54) is 0 Å². The Morgan fingerprint density at radius 1 is 1.31 bits per heavy atom. The number of nitrogens with zero attached hydrogens (tertiary/aromatic N) is 1. The maximum absolute atomic E-state index is 11.5. The second-order valence-corrected chi connectivity index (χ2v) is 3.22. The lowest BCUT2D eigenvalue weighted by molar-refractivity contribution is -0.324. The SMILES string of the molecule is CC(C)N(C)CCCOC(F)(F)F. The first kappa shape index (κ1) is 12.7. The average molecular weight is 199 g/mol. The van der Waals surface area contributed by atoms with Gasteiger partial charge in [-0.2, -0.15) is 0 Å². The molecule has 0 aliphatic carbocycles. The highest BCUT2D eigenvalue weighted by Crippen LogP contribution is 2.16. The molecule has 0 unspecified atom stereocenters. The molecule has 0 radical (unpaired) electrons. The Morgan fingerprint density at radius 3 is 2.23 bits per heavy atom. The predicted molar refractivity (Wildman–Crippen MR) is 44.4 cm³/mol. The highest BCUT2D eigenvalue weighted by atomic mass is 19.4. The van der Waals surface area contributed by atoms with Gasteiger partial charge in [0.2, 0.25) is 0 Å². The Bertz CT molecular complexity index is 136. The smallest absolute Gasteiger partial charge is 0.304 e. The maximum atomic E-state index is 11.5. The van der Waals surface area contributed by atoms with Crippen LogP contribution < -0.4 is 0 Å². The molecule has 0 heterocycles. The molecule has 0 atom stereocenters. The molecule has 0 saturated carbocycles. The van der Waals surface area contributed by atoms with Crippen LogP contribution >= 0.6 is 0 Å². The number of hydrogen-bond donors (Lipinski definition) is 0. The summed E-state index contributed by atoms with van der Waals surface area (Å²) >= 11 is 0. The van der Waals surface area contributed by atoms with E-state index < -0.39 is 6.36 Å². The van der Waals surface area contributed by atoms with Crippen LogP contribution in [0.15, 0.2) is 0 Å². The van der Waals surface area contributed by atoms with Crippen LogP contribution in [0, 0.1) is 0 Å². The summed E-state index contributed by atoms with van der Waals surface area (Å²) in [4.78, 5) is 1.97. The van der Waals surface area contributed by atoms with E-state index in [9.17, 15) is 13.2 Å². The summed E-state index contributed by atoms with van der Waals surface area (Å²) in [6, 6.07) is 0.353. The van der Waals surface area contributed by atoms with Crippen molar-refractivity contribution in [2.24, 2.45) is 0 Å². The summed E-state index contributed by atoms with van der Waals surface area (Å²) in [6.07, 6.45) is -4.09. The molecule has 0 saturated heterocycles. The molecule has 0 amide bonds. The van der Waals surface area contributed by atoms with Gasteiger partial charge in [-0.05, 0) is 27.3 Å². The van der Waals surface area contributed by atoms with Gasteiger partial charge in [0.1, 0.15) is 0 Å². The normalized spacial score (nSPS) is 12.9. The molecular formula is C8H16F3NO. The van der Waals surface area contributed by atoms with Crippen molar-refractivity contribution >= 4 is 0 Å². The van der Waals surface area contributed by atoms with Crippen LogP contribution in [0.5, 0.6) is 0 Å². The highest BCUT2D eigenvalue weighted by Gasteiger charge is 2.28. The zero-order chi connectivity index (χ0) is 10.5. The Kier molecular flexibility index (Phi) is 5.32. The lowest BCUT2D eigenvalue weighted by Crippen LogP contribution is -2.28. The van der Waals surface area contributed by atoms with E-state index in [2.05, 4.69) is 4.74 Å². The minimum Gasteiger partial charge on any atom is -0.304 e. The lowest BCUT2D eigenvalue weighted by atomic mass is 10.3. The quantitative estimate of drug-likeness (QED) is 0.630. The minimum absolute atomic E-state index is 0.263. The monoisotopic (exact) mass is 199 g/mol. The van der Waals surface area contributed by atoms with Crippen molar-refractivity contribution in [1.29, 1.82) is 0 Å². The molecule has 0 spiro atoms. The van der Waals surface area contributed by atoms with Gasteiger partial charge in [-0.25, -0.2) is 0 Å². The lowest BCUT2D eigenvalue weighted by Gasteiger charge is -2.20. The summed E-state index contributed by atoms with van der Waals surface area (Å²) < 4.78 is 38.1. The fourth-order valence-electron chi connectivity index (χ4n) is 0.760. The maximum Gasteiger partial charge on any atom is 0.522 e. The Labute approximate surface area is 76.7 Å². The molecule has 0 aliphatic rings. The second-order valence-electron chi connectivity index (χ2n) is 3.22. The number of rotatable bonds is 5. The van der Waals surface area contributed by atoms with Crippen molar-refractivity contribution in [2.75, 3.05) is 20.2 Å². The molecule has 0 aromatic heterocycles. The molecule has 0 aromatic carbocycles. The predicted octanol–water partition coefficient (Wildman–Crippen LogP) is 2.25. The molecule has 0 bridgehead atoms. The van der Waals surface area contributed by atoms with Crippen molar-refractivity contribution in [3.63, 3.8) is 0 Å². The van der Waals surface area contributed by atoms with E-state index in [0.29, 0.717) is 19.0 Å². The topological polar surface area (TPSA) is 12.5 Å². The van der Waals surface area contributed by atoms with Gasteiger partial charge in [-0.1, -0.05) is 0 Å². The van der Waals surface area contributed by atoms with Gasteiger partial charge in [-0.15, -0.1) is 13.2 Å². The van der Waals surface area contributed by atoms with E-state index in [4.69, 9.17) is 0 Å². The molecule has 5 heteroatoms. The molecule has 0 N–H and O–H groups in total. The molecule has 2 nitrogen and oxygen atoms in total. The van der Waals surface area contributed by atoms with Crippen LogP contribution in [0.2, 0.25) is 0 Å². The molecule has 0 aromatic rings. The van der Waals surface area contributed by atoms with Crippen LogP contribution in [0.25, 0.3) is 0 Å². The Hall–Kier alpha value is -0.290. The number of alkyl halides is 3. The summed E-state index contributed by atoms with van der Waals surface area (Å²) in [5.74, 6) is 0. The van der Waals surface area contributed by atoms with Crippen molar-refractivity contribution < 1.29 is 17.9 Å². The van der Waals surface area contributed by atoms with Gasteiger partial charge < -0.3 is 4.90 Å². The van der Waals surface area contributed by atoms with Gasteiger partial charge in [0.25, 0.3) is 0 Å². The Morgan fingerprint density at radius 2 is 1.85 bits per heavy atom. The molecular weight excluding hydrogens is 183 g/mol. The van der Waals surface area contributed by atoms with Crippen LogP contribution in [0.4, 0.5) is 13.2 Å². The van der Waals surface area contributed by atoms with Crippen molar-refractivity contribution in [3.8, 4) is 0 Å². The fraction of sp³-hybridized carbons (Fsp3) is 1.00. The van der Waals surface area contributed by atoms with Gasteiger partial charge in [-0.3, -0.25) is 4.74 Å². The number of ether oxygens (including phenoxy) is 1. The average Bonchev–Trinajstić information content (AvgIpc) is 1.95. The third-order valence-corrected chi connectivity index (χ3v) is 1.80. The van der Waals surface area contributed by atoms with Gasteiger partial charge in [0, 0.05) is 12.6 Å². The Balaban J connectivity index is 3.36. The van der Waals surface area contributed by atoms with Crippen LogP contribution in [0.3, 0.4) is 0 Å². The van der Waals surface area contributed by atoms with Crippen molar-refractivity contribution in [3.05, 3.63) is 0 Å². The summed E-state index contributed by atoms with van der Waals surface area (Å²) in [5.41, 5.74) is 0.